The van der Waals surface area contributed by atoms with Gasteiger partial charge in [0.15, 0.2) is 0 Å². The maximum absolute atomic E-state index is 11.9. The standard InChI is InChI=1S/C15H24N2O5.ClH/c1-10(17-12(19)7-3-2-4-9-16)15(22)8-5-6-11(18)13(15)14(20)21;/h5-6,8,10,13,18,22H,2-4,7,9,16H2,1H3,(H,17,19)(H,20,21);1H. The van der Waals surface area contributed by atoms with Crippen LogP contribution in [0.15, 0.2) is 24.0 Å². The highest BCUT2D eigenvalue weighted by atomic mass is 35.5. The normalized spacial score (nSPS) is 24.3. The van der Waals surface area contributed by atoms with Crippen molar-refractivity contribution in [3.05, 3.63) is 24.0 Å². The van der Waals surface area contributed by atoms with E-state index in [9.17, 15) is 24.9 Å². The molecule has 132 valence electrons. The second kappa shape index (κ2) is 9.54. The van der Waals surface area contributed by atoms with Crippen molar-refractivity contribution in [3.8, 4) is 0 Å². The van der Waals surface area contributed by atoms with Gasteiger partial charge in [-0.3, -0.25) is 9.59 Å². The lowest BCUT2D eigenvalue weighted by Gasteiger charge is -2.37. The maximum atomic E-state index is 11.9. The predicted octanol–water partition coefficient (Wildman–Crippen LogP) is 0.876. The molecule has 0 aromatic rings. The van der Waals surface area contributed by atoms with E-state index in [1.165, 1.54) is 25.2 Å². The van der Waals surface area contributed by atoms with E-state index in [-0.39, 0.29) is 24.7 Å². The second-order valence-electron chi connectivity index (χ2n) is 5.50. The highest BCUT2D eigenvalue weighted by molar-refractivity contribution is 5.85. The number of carbonyl (C=O) groups excluding carboxylic acids is 1. The number of nitrogens with two attached hydrogens (primary N) is 1. The van der Waals surface area contributed by atoms with Gasteiger partial charge in [-0.05, 0) is 38.5 Å². The van der Waals surface area contributed by atoms with Crippen molar-refractivity contribution in [1.29, 1.82) is 0 Å². The van der Waals surface area contributed by atoms with E-state index in [2.05, 4.69) is 5.32 Å². The highest BCUT2D eigenvalue weighted by Gasteiger charge is 2.48. The van der Waals surface area contributed by atoms with Gasteiger partial charge in [0.2, 0.25) is 5.91 Å². The molecule has 0 bridgehead atoms. The van der Waals surface area contributed by atoms with Gasteiger partial charge in [-0.15, -0.1) is 12.4 Å². The van der Waals surface area contributed by atoms with Gasteiger partial charge in [-0.2, -0.15) is 0 Å². The Hall–Kier alpha value is -1.57. The number of allylic oxidation sites excluding steroid dienone is 2. The molecule has 0 aromatic carbocycles. The van der Waals surface area contributed by atoms with Crippen molar-refractivity contribution in [2.45, 2.75) is 44.2 Å². The fourth-order valence-electron chi connectivity index (χ4n) is 2.48. The Bertz CT molecular complexity index is 480. The van der Waals surface area contributed by atoms with Crippen LogP contribution in [0.2, 0.25) is 0 Å². The van der Waals surface area contributed by atoms with Gasteiger partial charge >= 0.3 is 5.97 Å². The number of unbranched alkanes of at least 4 members (excludes halogenated alkanes) is 2. The molecular weight excluding hydrogens is 324 g/mol. The second-order valence-corrected chi connectivity index (χ2v) is 5.50. The molecule has 1 rings (SSSR count). The van der Waals surface area contributed by atoms with Crippen molar-refractivity contribution in [1.82, 2.24) is 5.32 Å². The summed E-state index contributed by atoms with van der Waals surface area (Å²) < 4.78 is 0. The zero-order valence-corrected chi connectivity index (χ0v) is 13.9. The van der Waals surface area contributed by atoms with Crippen LogP contribution >= 0.6 is 12.4 Å². The summed E-state index contributed by atoms with van der Waals surface area (Å²) in [7, 11) is 0. The topological polar surface area (TPSA) is 133 Å². The Morgan fingerprint density at radius 1 is 1.39 bits per heavy atom. The molecule has 6 N–H and O–H groups in total. The van der Waals surface area contributed by atoms with Gasteiger partial charge < -0.3 is 26.4 Å². The fourth-order valence-corrected chi connectivity index (χ4v) is 2.48. The van der Waals surface area contributed by atoms with E-state index in [1.54, 1.807) is 0 Å². The van der Waals surface area contributed by atoms with E-state index in [0.717, 1.165) is 12.8 Å². The lowest BCUT2D eigenvalue weighted by atomic mass is 9.77. The van der Waals surface area contributed by atoms with Crippen LogP contribution in [0.5, 0.6) is 0 Å². The molecule has 7 nitrogen and oxygen atoms in total. The SMILES string of the molecule is CC(NC(=O)CCCCCN)C1(O)C=CC=C(O)C1C(=O)O.Cl. The number of rotatable bonds is 8. The minimum absolute atomic E-state index is 0. The van der Waals surface area contributed by atoms with E-state index < -0.39 is 29.3 Å². The van der Waals surface area contributed by atoms with Crippen LogP contribution in [-0.4, -0.2) is 45.4 Å². The van der Waals surface area contributed by atoms with Crippen molar-refractivity contribution in [2.24, 2.45) is 11.7 Å². The van der Waals surface area contributed by atoms with Crippen molar-refractivity contribution < 1.29 is 24.9 Å². The molecule has 0 saturated heterocycles. The molecule has 0 heterocycles. The molecule has 1 aliphatic carbocycles. The first-order chi connectivity index (χ1) is 10.3. The molecular formula is C15H25ClN2O5. The van der Waals surface area contributed by atoms with Crippen LogP contribution < -0.4 is 11.1 Å². The smallest absolute Gasteiger partial charge is 0.317 e. The largest absolute Gasteiger partial charge is 0.511 e. The molecule has 8 heteroatoms. The maximum Gasteiger partial charge on any atom is 0.317 e. The van der Waals surface area contributed by atoms with Crippen LogP contribution in [0, 0.1) is 5.92 Å². The zero-order valence-electron chi connectivity index (χ0n) is 13.1. The van der Waals surface area contributed by atoms with Gasteiger partial charge in [0.05, 0.1) is 6.04 Å². The summed E-state index contributed by atoms with van der Waals surface area (Å²) in [5, 5.41) is 32.1. The van der Waals surface area contributed by atoms with Crippen molar-refractivity contribution >= 4 is 24.3 Å². The first kappa shape index (κ1) is 21.4. The summed E-state index contributed by atoms with van der Waals surface area (Å²) in [5.41, 5.74) is 3.49. The molecule has 0 radical (unpaired) electrons. The molecule has 0 spiro atoms. The Balaban J connectivity index is 0.00000484. The Morgan fingerprint density at radius 3 is 2.61 bits per heavy atom. The number of nitrogens with one attached hydrogen (secondary N) is 1. The molecule has 0 saturated carbocycles. The van der Waals surface area contributed by atoms with E-state index >= 15 is 0 Å². The number of carboxylic acids is 1. The third kappa shape index (κ3) is 5.53. The lowest BCUT2D eigenvalue weighted by Crippen LogP contribution is -2.57. The third-order valence-corrected chi connectivity index (χ3v) is 3.81. The fraction of sp³-hybridized carbons (Fsp3) is 0.600. The number of aliphatic hydroxyl groups is 2. The molecule has 1 aliphatic rings. The minimum Gasteiger partial charge on any atom is -0.511 e. The van der Waals surface area contributed by atoms with Crippen LogP contribution in [0.25, 0.3) is 0 Å². The lowest BCUT2D eigenvalue weighted by molar-refractivity contribution is -0.151. The minimum atomic E-state index is -1.88. The van der Waals surface area contributed by atoms with Gasteiger partial charge in [0.25, 0.3) is 0 Å². The summed E-state index contributed by atoms with van der Waals surface area (Å²) in [4.78, 5) is 23.2. The molecule has 0 fully saturated rings. The van der Waals surface area contributed by atoms with Crippen LogP contribution in [-0.2, 0) is 9.59 Å². The molecule has 0 aliphatic heterocycles. The third-order valence-electron chi connectivity index (χ3n) is 3.81. The first-order valence-corrected chi connectivity index (χ1v) is 7.36. The average Bonchev–Trinajstić information content (AvgIpc) is 2.43. The van der Waals surface area contributed by atoms with Crippen molar-refractivity contribution in [3.63, 3.8) is 0 Å². The van der Waals surface area contributed by atoms with E-state index in [1.807, 2.05) is 0 Å². The summed E-state index contributed by atoms with van der Waals surface area (Å²) in [6.07, 6.45) is 6.51. The summed E-state index contributed by atoms with van der Waals surface area (Å²) >= 11 is 0. The predicted molar refractivity (Wildman–Crippen MR) is 88.3 cm³/mol. The van der Waals surface area contributed by atoms with Crippen LogP contribution in [0.3, 0.4) is 0 Å². The first-order valence-electron chi connectivity index (χ1n) is 7.36. The highest BCUT2D eigenvalue weighted by Crippen LogP contribution is 2.32. The zero-order chi connectivity index (χ0) is 16.8. The Morgan fingerprint density at radius 2 is 2.04 bits per heavy atom. The Kier molecular flexibility index (Phi) is 8.89. The van der Waals surface area contributed by atoms with Crippen LogP contribution in [0.4, 0.5) is 0 Å². The summed E-state index contributed by atoms with van der Waals surface area (Å²) in [5.74, 6) is -3.58. The van der Waals surface area contributed by atoms with E-state index in [0.29, 0.717) is 13.0 Å². The van der Waals surface area contributed by atoms with Gasteiger partial charge in [-0.1, -0.05) is 12.5 Å². The van der Waals surface area contributed by atoms with Gasteiger partial charge in [0.1, 0.15) is 17.3 Å². The molecule has 0 aromatic heterocycles. The number of aliphatic hydroxyl groups excluding tert-OH is 1. The molecule has 1 amide bonds. The van der Waals surface area contributed by atoms with Crippen molar-refractivity contribution in [2.75, 3.05) is 6.54 Å². The average molecular weight is 349 g/mol. The Labute approximate surface area is 141 Å². The number of carboxylic acid groups (broad SMARTS) is 1. The molecule has 3 atom stereocenters. The number of hydrogen-bond acceptors (Lipinski definition) is 5. The molecule has 3 unspecified atom stereocenters. The monoisotopic (exact) mass is 348 g/mol. The van der Waals surface area contributed by atoms with Gasteiger partial charge in [-0.25, -0.2) is 0 Å². The molecule has 23 heavy (non-hydrogen) atoms. The van der Waals surface area contributed by atoms with Crippen LogP contribution in [0.1, 0.15) is 32.6 Å². The number of aliphatic carboxylic acids is 1. The number of hydrogen-bond donors (Lipinski definition) is 5. The van der Waals surface area contributed by atoms with E-state index in [4.69, 9.17) is 5.73 Å². The number of halogens is 1. The van der Waals surface area contributed by atoms with Gasteiger partial charge in [0, 0.05) is 6.42 Å². The summed E-state index contributed by atoms with van der Waals surface area (Å²) in [6, 6.07) is -0.859. The summed E-state index contributed by atoms with van der Waals surface area (Å²) in [6.45, 7) is 2.09. The number of amides is 1. The number of carbonyl (C=O) groups is 2. The quantitative estimate of drug-likeness (QED) is 0.413.